The van der Waals surface area contributed by atoms with Crippen LogP contribution in [0.5, 0.6) is 0 Å². The van der Waals surface area contributed by atoms with Crippen LogP contribution in [0, 0.1) is 0 Å². The van der Waals surface area contributed by atoms with Crippen LogP contribution in [0.15, 0.2) is 0 Å². The second kappa shape index (κ2) is 6.76. The van der Waals surface area contributed by atoms with Crippen molar-refractivity contribution >= 4 is 8.25 Å². The molecule has 7 heteroatoms. The van der Waals surface area contributed by atoms with Gasteiger partial charge in [-0.3, -0.25) is 0 Å². The van der Waals surface area contributed by atoms with Gasteiger partial charge in [0.25, 0.3) is 0 Å². The van der Waals surface area contributed by atoms with Crippen molar-refractivity contribution in [3.8, 4) is 0 Å². The molecule has 0 saturated heterocycles. The van der Waals surface area contributed by atoms with E-state index in [2.05, 4.69) is 4.52 Å². The number of rotatable bonds is 3. The molecule has 0 spiro atoms. The van der Waals surface area contributed by atoms with E-state index in [4.69, 9.17) is 10.2 Å². The van der Waals surface area contributed by atoms with Crippen molar-refractivity contribution in [1.82, 2.24) is 0 Å². The van der Waals surface area contributed by atoms with Gasteiger partial charge in [-0.15, -0.1) is 0 Å². The second-order valence-electron chi connectivity index (χ2n) is 1.50. The molecule has 0 fully saturated rings. The van der Waals surface area contributed by atoms with E-state index in [9.17, 15) is 9.46 Å². The van der Waals surface area contributed by atoms with Gasteiger partial charge < -0.3 is 24.2 Å². The third kappa shape index (κ3) is 7.18. The van der Waals surface area contributed by atoms with E-state index < -0.39 is 20.6 Å². The first-order valence-electron chi connectivity index (χ1n) is 2.28. The van der Waals surface area contributed by atoms with Crippen LogP contribution < -0.4 is 34.5 Å². The molecule has 0 rings (SSSR count). The van der Waals surface area contributed by atoms with Gasteiger partial charge in [0.1, 0.15) is 14.4 Å². The van der Waals surface area contributed by atoms with Crippen molar-refractivity contribution in [3.05, 3.63) is 0 Å². The summed E-state index contributed by atoms with van der Waals surface area (Å²) in [5.74, 6) is 0. The minimum absolute atomic E-state index is 0. The van der Waals surface area contributed by atoms with Gasteiger partial charge in [0.15, 0.2) is 6.29 Å². The van der Waals surface area contributed by atoms with Gasteiger partial charge in [-0.2, -0.15) is 0 Å². The minimum Gasteiger partial charge on any atom is -0.781 e. The zero-order chi connectivity index (χ0) is 7.44. The Morgan fingerprint density at radius 2 is 2.00 bits per heavy atom. The topological polar surface area (TPSA) is 89.8 Å². The molecule has 0 aliphatic heterocycles. The summed E-state index contributed by atoms with van der Waals surface area (Å²) in [7, 11) is -3.39. The molecular formula is C3H8NaO5P. The molecule has 0 aromatic heterocycles. The van der Waals surface area contributed by atoms with Crippen molar-refractivity contribution in [3.63, 3.8) is 0 Å². The molecule has 10 heavy (non-hydrogen) atoms. The molecule has 0 aromatic carbocycles. The van der Waals surface area contributed by atoms with E-state index in [-0.39, 0.29) is 29.6 Å². The maximum Gasteiger partial charge on any atom is 1.00 e. The van der Waals surface area contributed by atoms with Crippen molar-refractivity contribution < 1.29 is 53.8 Å². The Kier molecular flexibility index (Phi) is 9.22. The van der Waals surface area contributed by atoms with Crippen molar-refractivity contribution in [2.75, 3.05) is 0 Å². The smallest absolute Gasteiger partial charge is 0.781 e. The third-order valence-electron chi connectivity index (χ3n) is 0.630. The Labute approximate surface area is 81.3 Å². The van der Waals surface area contributed by atoms with Crippen LogP contribution >= 0.6 is 8.25 Å². The average Bonchev–Trinajstić information content (AvgIpc) is 1.63. The van der Waals surface area contributed by atoms with Gasteiger partial charge in [-0.25, -0.2) is 0 Å². The Morgan fingerprint density at radius 1 is 1.60 bits per heavy atom. The monoisotopic (exact) mass is 178 g/mol. The van der Waals surface area contributed by atoms with E-state index >= 15 is 0 Å². The summed E-state index contributed by atoms with van der Waals surface area (Å²) in [6, 6.07) is 0. The first kappa shape index (κ1) is 13.6. The van der Waals surface area contributed by atoms with Gasteiger partial charge in [0, 0.05) is 0 Å². The Balaban J connectivity index is 0. The third-order valence-corrected chi connectivity index (χ3v) is 1.06. The van der Waals surface area contributed by atoms with Crippen molar-refractivity contribution in [2.45, 2.75) is 19.3 Å². The molecular weight excluding hydrogens is 170 g/mol. The Bertz CT molecular complexity index is 107. The number of aliphatic hydroxyl groups excluding tert-OH is 2. The first-order chi connectivity index (χ1) is 4.04. The largest absolute Gasteiger partial charge is 1.00 e. The zero-order valence-corrected chi connectivity index (χ0v) is 8.77. The summed E-state index contributed by atoms with van der Waals surface area (Å²) < 4.78 is 13.5. The standard InChI is InChI=1S/C3H9O5P.Na/c1-2(4)3(5)8-9(6)7;/h2-5,9H,1H3,(H,6,7);/q;+1/p-1. The predicted octanol–water partition coefficient (Wildman–Crippen LogP) is -4.54. The molecule has 0 amide bonds. The van der Waals surface area contributed by atoms with Crippen LogP contribution in [0.4, 0.5) is 0 Å². The molecule has 0 heterocycles. The van der Waals surface area contributed by atoms with E-state index in [1.165, 1.54) is 6.92 Å². The predicted molar refractivity (Wildman–Crippen MR) is 27.8 cm³/mol. The Morgan fingerprint density at radius 3 is 2.10 bits per heavy atom. The molecule has 0 aromatic rings. The number of hydrogen-bond donors (Lipinski definition) is 2. The molecule has 2 N–H and O–H groups in total. The summed E-state index contributed by atoms with van der Waals surface area (Å²) in [6.07, 6.45) is -2.82. The van der Waals surface area contributed by atoms with E-state index in [1.807, 2.05) is 0 Å². The summed E-state index contributed by atoms with van der Waals surface area (Å²) in [5.41, 5.74) is 0. The fraction of sp³-hybridized carbons (Fsp3) is 1.00. The van der Waals surface area contributed by atoms with Gasteiger partial charge in [-0.05, 0) is 6.92 Å². The summed E-state index contributed by atoms with van der Waals surface area (Å²) in [6.45, 7) is 1.22. The molecule has 0 aliphatic carbocycles. The van der Waals surface area contributed by atoms with Crippen LogP contribution in [-0.4, -0.2) is 22.6 Å². The molecule has 5 nitrogen and oxygen atoms in total. The molecule has 0 radical (unpaired) electrons. The summed E-state index contributed by atoms with van der Waals surface area (Å²) in [5, 5.41) is 16.9. The van der Waals surface area contributed by atoms with Crippen molar-refractivity contribution in [1.29, 1.82) is 0 Å². The molecule has 0 bridgehead atoms. The minimum atomic E-state index is -3.39. The SMILES string of the molecule is CC(O)C(O)O[PH](=O)[O-].[Na+]. The average molecular weight is 178 g/mol. The van der Waals surface area contributed by atoms with Crippen LogP contribution in [0.3, 0.4) is 0 Å². The van der Waals surface area contributed by atoms with Gasteiger partial charge in [0.05, 0.1) is 0 Å². The van der Waals surface area contributed by atoms with Crippen LogP contribution in [0.2, 0.25) is 0 Å². The van der Waals surface area contributed by atoms with E-state index in [1.54, 1.807) is 0 Å². The van der Waals surface area contributed by atoms with E-state index in [0.29, 0.717) is 0 Å². The maximum absolute atomic E-state index is 9.69. The normalized spacial score (nSPS) is 18.8. The van der Waals surface area contributed by atoms with Crippen molar-refractivity contribution in [2.24, 2.45) is 0 Å². The van der Waals surface area contributed by atoms with E-state index in [0.717, 1.165) is 0 Å². The van der Waals surface area contributed by atoms with Gasteiger partial charge in [-0.1, -0.05) is 0 Å². The number of aliphatic hydroxyl groups is 2. The molecule has 3 unspecified atom stereocenters. The fourth-order valence-electron chi connectivity index (χ4n) is 0.197. The summed E-state index contributed by atoms with van der Waals surface area (Å²) >= 11 is 0. The molecule has 0 saturated carbocycles. The van der Waals surface area contributed by atoms with Crippen LogP contribution in [-0.2, 0) is 9.09 Å². The quantitative estimate of drug-likeness (QED) is 0.258. The molecule has 0 aliphatic rings. The Hall–Kier alpha value is 1.07. The molecule has 56 valence electrons. The van der Waals surface area contributed by atoms with Crippen LogP contribution in [0.25, 0.3) is 0 Å². The van der Waals surface area contributed by atoms with Gasteiger partial charge >= 0.3 is 29.6 Å². The first-order valence-corrected chi connectivity index (χ1v) is 3.50. The molecule has 3 atom stereocenters. The second-order valence-corrected chi connectivity index (χ2v) is 2.23. The zero-order valence-electron chi connectivity index (χ0n) is 5.77. The van der Waals surface area contributed by atoms with Gasteiger partial charge in [0.2, 0.25) is 0 Å². The maximum atomic E-state index is 9.69. The summed E-state index contributed by atoms with van der Waals surface area (Å²) in [4.78, 5) is 9.69. The van der Waals surface area contributed by atoms with Crippen LogP contribution in [0.1, 0.15) is 6.92 Å². The number of hydrogen-bond acceptors (Lipinski definition) is 5. The fourth-order valence-corrected chi connectivity index (χ4v) is 0.591.